The molecule has 3 aliphatic carbocycles. The highest BCUT2D eigenvalue weighted by atomic mass is 14.6. The van der Waals surface area contributed by atoms with Gasteiger partial charge in [-0.3, -0.25) is 0 Å². The highest BCUT2D eigenvalue weighted by Crippen LogP contribution is 2.61. The maximum atomic E-state index is 2.64. The van der Waals surface area contributed by atoms with E-state index < -0.39 is 0 Å². The summed E-state index contributed by atoms with van der Waals surface area (Å²) in [6.07, 6.45) is 18.6. The van der Waals surface area contributed by atoms with Crippen LogP contribution in [-0.4, -0.2) is 0 Å². The molecule has 16 heavy (non-hydrogen) atoms. The topological polar surface area (TPSA) is 0 Å². The lowest BCUT2D eigenvalue weighted by atomic mass is 9.60. The summed E-state index contributed by atoms with van der Waals surface area (Å²) in [5.74, 6) is 1.03. The van der Waals surface area contributed by atoms with Gasteiger partial charge in [0.2, 0.25) is 0 Å². The highest BCUT2D eigenvalue weighted by molar-refractivity contribution is 5.01. The highest BCUT2D eigenvalue weighted by Gasteiger charge is 2.50. The molecule has 3 saturated carbocycles. The van der Waals surface area contributed by atoms with E-state index in [9.17, 15) is 0 Å². The molecule has 3 aliphatic rings. The summed E-state index contributed by atoms with van der Waals surface area (Å²) < 4.78 is 0. The molecular formula is C16H28. The smallest absolute Gasteiger partial charge is 0.0267 e. The monoisotopic (exact) mass is 220 g/mol. The van der Waals surface area contributed by atoms with E-state index in [2.05, 4.69) is 6.92 Å². The Hall–Kier alpha value is 0. The van der Waals surface area contributed by atoms with Crippen molar-refractivity contribution in [2.24, 2.45) is 16.7 Å². The summed E-state index contributed by atoms with van der Waals surface area (Å²) in [7, 11) is 0. The standard InChI is InChI=1S/C16H28/c1-14-15(8-2-3-9-15)12-6-7-13-16(14)10-4-5-11-16/h14H,2-13H2,1H3. The van der Waals surface area contributed by atoms with Crippen LogP contribution >= 0.6 is 0 Å². The van der Waals surface area contributed by atoms with Crippen LogP contribution in [0.15, 0.2) is 0 Å². The third-order valence-corrected chi connectivity index (χ3v) is 6.64. The van der Waals surface area contributed by atoms with Crippen LogP contribution in [0.1, 0.15) is 84.0 Å². The first-order valence-electron chi connectivity index (χ1n) is 7.78. The van der Waals surface area contributed by atoms with Crippen LogP contribution in [0.2, 0.25) is 0 Å². The fourth-order valence-corrected chi connectivity index (χ4v) is 5.56. The zero-order valence-corrected chi connectivity index (χ0v) is 11.1. The summed E-state index contributed by atoms with van der Waals surface area (Å²) in [5.41, 5.74) is 1.58. The summed E-state index contributed by atoms with van der Waals surface area (Å²) in [6.45, 7) is 2.64. The van der Waals surface area contributed by atoms with E-state index >= 15 is 0 Å². The van der Waals surface area contributed by atoms with E-state index in [0.29, 0.717) is 0 Å². The molecule has 0 atom stereocenters. The van der Waals surface area contributed by atoms with Gasteiger partial charge < -0.3 is 0 Å². The van der Waals surface area contributed by atoms with Crippen molar-refractivity contribution in [3.05, 3.63) is 0 Å². The molecule has 0 amide bonds. The minimum atomic E-state index is 0.792. The minimum Gasteiger partial charge on any atom is -0.0614 e. The first-order valence-corrected chi connectivity index (χ1v) is 7.78. The second-order valence-corrected chi connectivity index (χ2v) is 7.07. The first-order chi connectivity index (χ1) is 7.78. The van der Waals surface area contributed by atoms with Crippen LogP contribution in [0.5, 0.6) is 0 Å². The lowest BCUT2D eigenvalue weighted by Gasteiger charge is -2.45. The third kappa shape index (κ3) is 1.56. The average molecular weight is 220 g/mol. The maximum absolute atomic E-state index is 2.64. The molecule has 0 nitrogen and oxygen atoms in total. The van der Waals surface area contributed by atoms with Crippen molar-refractivity contribution in [1.82, 2.24) is 0 Å². The van der Waals surface area contributed by atoms with Crippen LogP contribution in [-0.2, 0) is 0 Å². The van der Waals surface area contributed by atoms with Crippen LogP contribution in [0.4, 0.5) is 0 Å². The average Bonchev–Trinajstić information content (AvgIpc) is 2.92. The largest absolute Gasteiger partial charge is 0.0614 e. The summed E-state index contributed by atoms with van der Waals surface area (Å²) in [5, 5.41) is 0. The Labute approximate surface area is 101 Å². The predicted octanol–water partition coefficient (Wildman–Crippen LogP) is 5.32. The van der Waals surface area contributed by atoms with Gasteiger partial charge in [0, 0.05) is 0 Å². The van der Waals surface area contributed by atoms with Gasteiger partial charge in [0.1, 0.15) is 0 Å². The lowest BCUT2D eigenvalue weighted by Crippen LogP contribution is -2.36. The molecule has 3 fully saturated rings. The van der Waals surface area contributed by atoms with Gasteiger partial charge >= 0.3 is 0 Å². The van der Waals surface area contributed by atoms with E-state index in [0.717, 1.165) is 16.7 Å². The fourth-order valence-electron chi connectivity index (χ4n) is 5.56. The first kappa shape index (κ1) is 11.1. The van der Waals surface area contributed by atoms with Gasteiger partial charge in [-0.15, -0.1) is 0 Å². The molecule has 0 unspecified atom stereocenters. The molecule has 0 radical (unpaired) electrons. The quantitative estimate of drug-likeness (QED) is 0.518. The third-order valence-electron chi connectivity index (χ3n) is 6.64. The molecule has 0 aromatic heterocycles. The van der Waals surface area contributed by atoms with Crippen molar-refractivity contribution in [2.75, 3.05) is 0 Å². The van der Waals surface area contributed by atoms with E-state index in [4.69, 9.17) is 0 Å². The molecular weight excluding hydrogens is 192 g/mol. The molecule has 0 heteroatoms. The molecule has 0 N–H and O–H groups in total. The molecule has 0 bridgehead atoms. The molecule has 0 aromatic rings. The van der Waals surface area contributed by atoms with Gasteiger partial charge in [-0.25, -0.2) is 0 Å². The van der Waals surface area contributed by atoms with Crippen LogP contribution < -0.4 is 0 Å². The summed E-state index contributed by atoms with van der Waals surface area (Å²) in [4.78, 5) is 0. The Morgan fingerprint density at radius 2 is 0.812 bits per heavy atom. The Kier molecular flexibility index (Phi) is 2.80. The van der Waals surface area contributed by atoms with E-state index in [1.165, 1.54) is 38.5 Å². The van der Waals surface area contributed by atoms with Crippen molar-refractivity contribution in [3.8, 4) is 0 Å². The van der Waals surface area contributed by atoms with Gasteiger partial charge in [-0.05, 0) is 55.3 Å². The molecule has 2 spiro atoms. The zero-order valence-electron chi connectivity index (χ0n) is 11.1. The molecule has 0 heterocycles. The van der Waals surface area contributed by atoms with E-state index in [1.54, 1.807) is 38.5 Å². The van der Waals surface area contributed by atoms with Crippen molar-refractivity contribution in [3.63, 3.8) is 0 Å². The van der Waals surface area contributed by atoms with Crippen molar-refractivity contribution in [2.45, 2.75) is 84.0 Å². The van der Waals surface area contributed by atoms with Crippen molar-refractivity contribution in [1.29, 1.82) is 0 Å². The fraction of sp³-hybridized carbons (Fsp3) is 1.00. The van der Waals surface area contributed by atoms with Gasteiger partial charge in [0.25, 0.3) is 0 Å². The Bertz CT molecular complexity index is 215. The van der Waals surface area contributed by atoms with Gasteiger partial charge in [0.05, 0.1) is 0 Å². The number of hydrogen-bond donors (Lipinski definition) is 0. The molecule has 92 valence electrons. The number of rotatable bonds is 0. The van der Waals surface area contributed by atoms with Crippen molar-refractivity contribution >= 4 is 0 Å². The summed E-state index contributed by atoms with van der Waals surface area (Å²) in [6, 6.07) is 0. The molecule has 0 saturated heterocycles. The Morgan fingerprint density at radius 1 is 0.562 bits per heavy atom. The SMILES string of the molecule is CC1C2(CCCC2)CCCCC12CCCC2. The van der Waals surface area contributed by atoms with Gasteiger partial charge in [0.15, 0.2) is 0 Å². The van der Waals surface area contributed by atoms with E-state index in [1.807, 2.05) is 0 Å². The summed E-state index contributed by atoms with van der Waals surface area (Å²) >= 11 is 0. The van der Waals surface area contributed by atoms with E-state index in [-0.39, 0.29) is 0 Å². The maximum Gasteiger partial charge on any atom is -0.0267 e. The van der Waals surface area contributed by atoms with Crippen LogP contribution in [0.25, 0.3) is 0 Å². The molecule has 3 rings (SSSR count). The van der Waals surface area contributed by atoms with Crippen LogP contribution in [0.3, 0.4) is 0 Å². The second-order valence-electron chi connectivity index (χ2n) is 7.07. The van der Waals surface area contributed by atoms with Gasteiger partial charge in [-0.1, -0.05) is 45.4 Å². The Balaban J connectivity index is 1.89. The lowest BCUT2D eigenvalue weighted by molar-refractivity contribution is 0.0444. The van der Waals surface area contributed by atoms with Crippen LogP contribution in [0, 0.1) is 16.7 Å². The van der Waals surface area contributed by atoms with Gasteiger partial charge in [-0.2, -0.15) is 0 Å². The minimum absolute atomic E-state index is 0.792. The predicted molar refractivity (Wildman–Crippen MR) is 69.4 cm³/mol. The zero-order chi connectivity index (χ0) is 11.1. The molecule has 0 aliphatic heterocycles. The number of hydrogen-bond acceptors (Lipinski definition) is 0. The second kappa shape index (κ2) is 4.03. The Morgan fingerprint density at radius 3 is 1.06 bits per heavy atom. The normalized spacial score (nSPS) is 33.6. The molecule has 0 aromatic carbocycles. The van der Waals surface area contributed by atoms with Crippen molar-refractivity contribution < 1.29 is 0 Å².